The second kappa shape index (κ2) is 3.53. The van der Waals surface area contributed by atoms with E-state index in [9.17, 15) is 9.18 Å². The maximum absolute atomic E-state index is 13.1. The van der Waals surface area contributed by atoms with Crippen LogP contribution in [0.5, 0.6) is 0 Å². The van der Waals surface area contributed by atoms with Crippen LogP contribution in [0, 0.1) is 5.82 Å². The van der Waals surface area contributed by atoms with Gasteiger partial charge in [-0.25, -0.2) is 4.39 Å². The van der Waals surface area contributed by atoms with E-state index in [1.807, 2.05) is 0 Å². The number of nitrogens with two attached hydrogens (primary N) is 1. The summed E-state index contributed by atoms with van der Waals surface area (Å²) in [6.45, 7) is 0. The number of carbonyl (C=O) groups is 1. The minimum atomic E-state index is -0.537. The molecule has 0 spiro atoms. The van der Waals surface area contributed by atoms with Crippen LogP contribution in [-0.4, -0.2) is 23.9 Å². The number of amides is 1. The Balaban J connectivity index is 2.21. The van der Waals surface area contributed by atoms with Gasteiger partial charge in [-0.3, -0.25) is 4.79 Å². The molecular weight excluding hydrogens is 195 g/mol. The second-order valence-electron chi connectivity index (χ2n) is 3.88. The van der Waals surface area contributed by atoms with E-state index in [0.29, 0.717) is 11.6 Å². The van der Waals surface area contributed by atoms with Gasteiger partial charge in [0.2, 0.25) is 0 Å². The predicted molar refractivity (Wildman–Crippen MR) is 55.9 cm³/mol. The second-order valence-corrected chi connectivity index (χ2v) is 3.88. The summed E-state index contributed by atoms with van der Waals surface area (Å²) < 4.78 is 13.1. The lowest BCUT2D eigenvalue weighted by atomic mass is 10.1. The van der Waals surface area contributed by atoms with E-state index in [1.165, 1.54) is 12.1 Å². The fourth-order valence-electron chi connectivity index (χ4n) is 1.49. The van der Waals surface area contributed by atoms with Gasteiger partial charge in [-0.05, 0) is 31.0 Å². The summed E-state index contributed by atoms with van der Waals surface area (Å²) >= 11 is 0. The quantitative estimate of drug-likeness (QED) is 0.751. The standard InChI is InChI=1S/C11H13FN2O/c1-14(8-3-4-8)11(15)7-2-5-10(13)9(12)6-7/h2,5-6,8H,3-4,13H2,1H3. The molecule has 0 radical (unpaired) electrons. The Hall–Kier alpha value is -1.58. The van der Waals surface area contributed by atoms with Gasteiger partial charge in [-0.2, -0.15) is 0 Å². The van der Waals surface area contributed by atoms with Crippen molar-refractivity contribution in [2.75, 3.05) is 12.8 Å². The SMILES string of the molecule is CN(C(=O)c1ccc(N)c(F)c1)C1CC1. The highest BCUT2D eigenvalue weighted by atomic mass is 19.1. The summed E-state index contributed by atoms with van der Waals surface area (Å²) in [6, 6.07) is 4.50. The maximum Gasteiger partial charge on any atom is 0.253 e. The predicted octanol–water partition coefficient (Wildman–Crippen LogP) is 1.64. The summed E-state index contributed by atoms with van der Waals surface area (Å²) in [5.41, 5.74) is 5.76. The maximum atomic E-state index is 13.1. The van der Waals surface area contributed by atoms with Gasteiger partial charge in [0.05, 0.1) is 5.69 Å². The number of nitrogens with zero attached hydrogens (tertiary/aromatic N) is 1. The minimum absolute atomic E-state index is 0.0700. The molecule has 4 heteroatoms. The van der Waals surface area contributed by atoms with Crippen molar-refractivity contribution in [3.63, 3.8) is 0 Å². The van der Waals surface area contributed by atoms with Gasteiger partial charge in [-0.15, -0.1) is 0 Å². The molecule has 0 saturated heterocycles. The van der Waals surface area contributed by atoms with Crippen LogP contribution in [0.25, 0.3) is 0 Å². The highest BCUT2D eigenvalue weighted by molar-refractivity contribution is 5.94. The number of carbonyl (C=O) groups excluding carboxylic acids is 1. The van der Waals surface area contributed by atoms with Crippen molar-refractivity contribution < 1.29 is 9.18 Å². The van der Waals surface area contributed by atoms with Gasteiger partial charge in [0.1, 0.15) is 5.82 Å². The summed E-state index contributed by atoms with van der Waals surface area (Å²) in [6.07, 6.45) is 2.08. The van der Waals surface area contributed by atoms with Gasteiger partial charge in [0.25, 0.3) is 5.91 Å². The van der Waals surface area contributed by atoms with Crippen molar-refractivity contribution in [3.05, 3.63) is 29.6 Å². The highest BCUT2D eigenvalue weighted by Crippen LogP contribution is 2.27. The van der Waals surface area contributed by atoms with Crippen LogP contribution in [0.4, 0.5) is 10.1 Å². The van der Waals surface area contributed by atoms with E-state index in [0.717, 1.165) is 12.8 Å². The summed E-state index contributed by atoms with van der Waals surface area (Å²) in [5.74, 6) is -0.679. The zero-order chi connectivity index (χ0) is 11.0. The lowest BCUT2D eigenvalue weighted by Crippen LogP contribution is -2.28. The Kier molecular flexibility index (Phi) is 2.34. The highest BCUT2D eigenvalue weighted by Gasteiger charge is 2.30. The molecule has 0 aromatic heterocycles. The Morgan fingerprint density at radius 3 is 2.73 bits per heavy atom. The number of halogens is 1. The normalized spacial score (nSPS) is 15.1. The molecule has 0 atom stereocenters. The Bertz CT molecular complexity index is 402. The molecule has 1 aromatic carbocycles. The molecule has 1 aromatic rings. The smallest absolute Gasteiger partial charge is 0.253 e. The molecule has 80 valence electrons. The van der Waals surface area contributed by atoms with Crippen molar-refractivity contribution >= 4 is 11.6 Å². The lowest BCUT2D eigenvalue weighted by Gasteiger charge is -2.16. The topological polar surface area (TPSA) is 46.3 Å². The van der Waals surface area contributed by atoms with Gasteiger partial charge in [-0.1, -0.05) is 0 Å². The third-order valence-corrected chi connectivity index (χ3v) is 2.66. The molecule has 1 fully saturated rings. The molecule has 1 amide bonds. The fraction of sp³-hybridized carbons (Fsp3) is 0.364. The third kappa shape index (κ3) is 1.93. The largest absolute Gasteiger partial charge is 0.396 e. The molecule has 2 N–H and O–H groups in total. The number of hydrogen-bond donors (Lipinski definition) is 1. The van der Waals surface area contributed by atoms with Crippen LogP contribution in [0.2, 0.25) is 0 Å². The van der Waals surface area contributed by atoms with Crippen LogP contribution in [-0.2, 0) is 0 Å². The first-order valence-corrected chi connectivity index (χ1v) is 4.92. The number of anilines is 1. The summed E-state index contributed by atoms with van der Waals surface area (Å²) in [7, 11) is 1.74. The van der Waals surface area contributed by atoms with Crippen molar-refractivity contribution in [3.8, 4) is 0 Å². The Morgan fingerprint density at radius 1 is 1.53 bits per heavy atom. The van der Waals surface area contributed by atoms with Gasteiger partial charge in [0.15, 0.2) is 0 Å². The van der Waals surface area contributed by atoms with E-state index in [4.69, 9.17) is 5.73 Å². The minimum Gasteiger partial charge on any atom is -0.396 e. The molecular formula is C11H13FN2O. The molecule has 0 aliphatic heterocycles. The van der Waals surface area contributed by atoms with E-state index in [-0.39, 0.29) is 11.6 Å². The van der Waals surface area contributed by atoms with E-state index < -0.39 is 5.82 Å². The number of rotatable bonds is 2. The van der Waals surface area contributed by atoms with Crippen LogP contribution in [0.15, 0.2) is 18.2 Å². The average Bonchev–Trinajstić information content (AvgIpc) is 3.03. The zero-order valence-corrected chi connectivity index (χ0v) is 8.53. The molecule has 1 aliphatic rings. The molecule has 15 heavy (non-hydrogen) atoms. The fourth-order valence-corrected chi connectivity index (χ4v) is 1.49. The van der Waals surface area contributed by atoms with Crippen LogP contribution in [0.1, 0.15) is 23.2 Å². The van der Waals surface area contributed by atoms with E-state index >= 15 is 0 Å². The zero-order valence-electron chi connectivity index (χ0n) is 8.53. The third-order valence-electron chi connectivity index (χ3n) is 2.66. The van der Waals surface area contributed by atoms with Crippen LogP contribution in [0.3, 0.4) is 0 Å². The van der Waals surface area contributed by atoms with Crippen molar-refractivity contribution in [1.29, 1.82) is 0 Å². The molecule has 1 saturated carbocycles. The van der Waals surface area contributed by atoms with Crippen molar-refractivity contribution in [2.45, 2.75) is 18.9 Å². The monoisotopic (exact) mass is 208 g/mol. The molecule has 1 aliphatic carbocycles. The van der Waals surface area contributed by atoms with Crippen molar-refractivity contribution in [2.24, 2.45) is 0 Å². The van der Waals surface area contributed by atoms with Gasteiger partial charge in [0, 0.05) is 18.7 Å². The lowest BCUT2D eigenvalue weighted by molar-refractivity contribution is 0.0784. The van der Waals surface area contributed by atoms with Gasteiger partial charge < -0.3 is 10.6 Å². The summed E-state index contributed by atoms with van der Waals surface area (Å²) in [4.78, 5) is 13.5. The van der Waals surface area contributed by atoms with Crippen molar-refractivity contribution in [1.82, 2.24) is 4.90 Å². The van der Waals surface area contributed by atoms with E-state index in [1.54, 1.807) is 18.0 Å². The van der Waals surface area contributed by atoms with Crippen LogP contribution >= 0.6 is 0 Å². The average molecular weight is 208 g/mol. The van der Waals surface area contributed by atoms with Gasteiger partial charge >= 0.3 is 0 Å². The molecule has 3 nitrogen and oxygen atoms in total. The molecule has 0 heterocycles. The number of nitrogen functional groups attached to an aromatic ring is 1. The summed E-state index contributed by atoms with van der Waals surface area (Å²) in [5, 5.41) is 0. The molecule has 0 unspecified atom stereocenters. The Morgan fingerprint density at radius 2 is 2.20 bits per heavy atom. The first-order valence-electron chi connectivity index (χ1n) is 4.92. The molecule has 2 rings (SSSR count). The number of hydrogen-bond acceptors (Lipinski definition) is 2. The molecule has 0 bridgehead atoms. The Labute approximate surface area is 87.7 Å². The first kappa shape index (κ1) is 9.96. The number of benzene rings is 1. The van der Waals surface area contributed by atoms with E-state index in [2.05, 4.69) is 0 Å². The van der Waals surface area contributed by atoms with Crippen LogP contribution < -0.4 is 5.73 Å². The first-order chi connectivity index (χ1) is 7.09.